The van der Waals surface area contributed by atoms with Gasteiger partial charge in [-0.25, -0.2) is 14.2 Å². The van der Waals surface area contributed by atoms with Crippen molar-refractivity contribution in [3.63, 3.8) is 0 Å². The zero-order chi connectivity index (χ0) is 28.6. The highest BCUT2D eigenvalue weighted by molar-refractivity contribution is 5.89. The van der Waals surface area contributed by atoms with Crippen molar-refractivity contribution in [2.75, 3.05) is 48.3 Å². The van der Waals surface area contributed by atoms with Gasteiger partial charge in [-0.3, -0.25) is 0 Å². The van der Waals surface area contributed by atoms with Crippen molar-refractivity contribution in [1.82, 2.24) is 24.4 Å². The van der Waals surface area contributed by atoms with Crippen LogP contribution in [-0.2, 0) is 6.54 Å². The van der Waals surface area contributed by atoms with Crippen molar-refractivity contribution < 1.29 is 9.18 Å². The molecule has 216 valence electrons. The van der Waals surface area contributed by atoms with E-state index in [-0.39, 0.29) is 11.8 Å². The predicted molar refractivity (Wildman–Crippen MR) is 162 cm³/mol. The van der Waals surface area contributed by atoms with Crippen LogP contribution < -0.4 is 15.5 Å². The third-order valence-corrected chi connectivity index (χ3v) is 7.67. The molecule has 2 N–H and O–H groups in total. The molecule has 1 atom stereocenters. The molecule has 3 heterocycles. The Morgan fingerprint density at radius 1 is 1.02 bits per heavy atom. The second kappa shape index (κ2) is 13.4. The molecule has 2 amide bonds. The van der Waals surface area contributed by atoms with Gasteiger partial charge in [-0.2, -0.15) is 9.97 Å². The fourth-order valence-corrected chi connectivity index (χ4v) is 5.16. The molecule has 10 heteroatoms. The number of urea groups is 1. The van der Waals surface area contributed by atoms with Crippen LogP contribution in [0.3, 0.4) is 0 Å². The van der Waals surface area contributed by atoms with Crippen LogP contribution in [0.1, 0.15) is 45.1 Å². The summed E-state index contributed by atoms with van der Waals surface area (Å²) in [4.78, 5) is 31.3. The molecule has 0 spiro atoms. The molecular formula is C31H39FN8O. The summed E-state index contributed by atoms with van der Waals surface area (Å²) in [7, 11) is 0. The van der Waals surface area contributed by atoms with Gasteiger partial charge in [-0.15, -0.1) is 0 Å². The summed E-state index contributed by atoms with van der Waals surface area (Å²) in [5, 5.41) is 6.39. The number of piperazine rings is 1. The average Bonchev–Trinajstić information content (AvgIpc) is 3.40. The van der Waals surface area contributed by atoms with Crippen LogP contribution in [-0.4, -0.2) is 63.2 Å². The van der Waals surface area contributed by atoms with Gasteiger partial charge >= 0.3 is 6.03 Å². The summed E-state index contributed by atoms with van der Waals surface area (Å²) < 4.78 is 15.6. The first-order valence-electron chi connectivity index (χ1n) is 14.6. The largest absolute Gasteiger partial charge is 0.368 e. The van der Waals surface area contributed by atoms with Gasteiger partial charge in [0, 0.05) is 38.4 Å². The van der Waals surface area contributed by atoms with Crippen molar-refractivity contribution in [3.8, 4) is 0 Å². The van der Waals surface area contributed by atoms with Gasteiger partial charge < -0.3 is 25.0 Å². The number of hydrogen-bond donors (Lipinski definition) is 2. The first-order chi connectivity index (χ1) is 20.0. The van der Waals surface area contributed by atoms with E-state index in [2.05, 4.69) is 46.1 Å². The number of carbonyl (C=O) groups excluding carboxylic acids is 1. The lowest BCUT2D eigenvalue weighted by atomic mass is 9.99. The quantitative estimate of drug-likeness (QED) is 0.235. The summed E-state index contributed by atoms with van der Waals surface area (Å²) in [5.74, 6) is 1.56. The number of aromatic nitrogens is 4. The minimum atomic E-state index is -0.383. The lowest BCUT2D eigenvalue weighted by Gasteiger charge is -2.34. The maximum Gasteiger partial charge on any atom is 0.321 e. The first-order valence-corrected chi connectivity index (χ1v) is 14.6. The number of unbranched alkanes of at least 4 members (excludes halogenated alkanes) is 1. The highest BCUT2D eigenvalue weighted by Crippen LogP contribution is 2.25. The first kappa shape index (κ1) is 28.3. The Balaban J connectivity index is 1.34. The van der Waals surface area contributed by atoms with Gasteiger partial charge in [0.05, 0.1) is 12.9 Å². The molecule has 9 nitrogen and oxygen atoms in total. The summed E-state index contributed by atoms with van der Waals surface area (Å²) in [6, 6.07) is 16.0. The van der Waals surface area contributed by atoms with Crippen molar-refractivity contribution >= 4 is 34.6 Å². The lowest BCUT2D eigenvalue weighted by Crippen LogP contribution is -2.50. The highest BCUT2D eigenvalue weighted by Gasteiger charge is 2.25. The zero-order valence-corrected chi connectivity index (χ0v) is 23.9. The van der Waals surface area contributed by atoms with Crippen molar-refractivity contribution in [2.24, 2.45) is 5.92 Å². The number of hydrogen-bond acceptors (Lipinski definition) is 6. The molecule has 0 bridgehead atoms. The van der Waals surface area contributed by atoms with E-state index in [1.807, 2.05) is 24.5 Å². The average molecular weight is 559 g/mol. The molecule has 0 aliphatic carbocycles. The third-order valence-electron chi connectivity index (χ3n) is 7.67. The summed E-state index contributed by atoms with van der Waals surface area (Å²) in [5.41, 5.74) is 3.17. The molecule has 0 radical (unpaired) electrons. The molecule has 5 rings (SSSR count). The SMILES string of the molecule is CCCCC(CC)CNc1nc(N2CCN(C(=O)Nc3cccc(F)c3)CC2)nc2c1ncn2Cc1ccccc1. The maximum atomic E-state index is 13.5. The number of anilines is 3. The van der Waals surface area contributed by atoms with E-state index in [1.54, 1.807) is 17.0 Å². The number of fused-ring (bicyclic) bond motifs is 1. The van der Waals surface area contributed by atoms with Gasteiger partial charge in [-0.1, -0.05) is 69.5 Å². The molecule has 2 aromatic heterocycles. The number of rotatable bonds is 11. The third kappa shape index (κ3) is 7.11. The Morgan fingerprint density at radius 2 is 1.83 bits per heavy atom. The van der Waals surface area contributed by atoms with E-state index < -0.39 is 0 Å². The Hall–Kier alpha value is -4.21. The van der Waals surface area contributed by atoms with Crippen molar-refractivity contribution in [3.05, 3.63) is 72.3 Å². The molecule has 0 saturated carbocycles. The van der Waals surface area contributed by atoms with E-state index in [4.69, 9.17) is 15.0 Å². The Kier molecular flexibility index (Phi) is 9.28. The number of nitrogens with zero attached hydrogens (tertiary/aromatic N) is 6. The van der Waals surface area contributed by atoms with E-state index in [0.29, 0.717) is 50.3 Å². The van der Waals surface area contributed by atoms with Crippen LogP contribution in [0.25, 0.3) is 11.2 Å². The Morgan fingerprint density at radius 3 is 2.56 bits per heavy atom. The molecule has 1 unspecified atom stereocenters. The number of halogens is 1. The van der Waals surface area contributed by atoms with E-state index >= 15 is 0 Å². The van der Waals surface area contributed by atoms with Crippen LogP contribution >= 0.6 is 0 Å². The topological polar surface area (TPSA) is 91.2 Å². The Labute approximate surface area is 240 Å². The number of amides is 2. The standard InChI is InChI=1S/C31H39FN8O/c1-3-5-10-23(4-2)20-33-28-27-29(40(22-34-27)21-24-11-7-6-8-12-24)37-30(36-28)38-15-17-39(18-16-38)31(41)35-26-14-9-13-25(32)19-26/h6-9,11-14,19,22-23H,3-5,10,15-18,20-21H2,1-2H3,(H,35,41)(H,33,36,37). The lowest BCUT2D eigenvalue weighted by molar-refractivity contribution is 0.208. The molecule has 1 aliphatic rings. The fourth-order valence-electron chi connectivity index (χ4n) is 5.16. The summed E-state index contributed by atoms with van der Waals surface area (Å²) in [6.07, 6.45) is 6.53. The second-order valence-corrected chi connectivity index (χ2v) is 10.6. The van der Waals surface area contributed by atoms with Crippen molar-refractivity contribution in [2.45, 2.75) is 46.1 Å². The molecule has 41 heavy (non-hydrogen) atoms. The van der Waals surface area contributed by atoms with Crippen LogP contribution in [0.15, 0.2) is 60.9 Å². The zero-order valence-electron chi connectivity index (χ0n) is 23.9. The number of carbonyl (C=O) groups is 1. The normalized spacial score (nSPS) is 14.3. The smallest absolute Gasteiger partial charge is 0.321 e. The van der Waals surface area contributed by atoms with E-state index in [1.165, 1.54) is 37.0 Å². The fraction of sp³-hybridized carbons (Fsp3) is 0.419. The van der Waals surface area contributed by atoms with Crippen molar-refractivity contribution in [1.29, 1.82) is 0 Å². The van der Waals surface area contributed by atoms with Gasteiger partial charge in [0.1, 0.15) is 5.82 Å². The molecule has 2 aromatic carbocycles. The number of imidazole rings is 1. The summed E-state index contributed by atoms with van der Waals surface area (Å²) >= 11 is 0. The predicted octanol–water partition coefficient (Wildman–Crippen LogP) is 6.00. The molecule has 1 aliphatic heterocycles. The number of nitrogens with one attached hydrogen (secondary N) is 2. The molecule has 4 aromatic rings. The maximum absolute atomic E-state index is 13.5. The van der Waals surface area contributed by atoms with E-state index in [0.717, 1.165) is 29.9 Å². The van der Waals surface area contributed by atoms with Crippen LogP contribution in [0.2, 0.25) is 0 Å². The monoisotopic (exact) mass is 558 g/mol. The molecular weight excluding hydrogens is 519 g/mol. The number of benzene rings is 2. The highest BCUT2D eigenvalue weighted by atomic mass is 19.1. The van der Waals surface area contributed by atoms with Crippen LogP contribution in [0, 0.1) is 11.7 Å². The van der Waals surface area contributed by atoms with Crippen LogP contribution in [0.4, 0.5) is 26.6 Å². The van der Waals surface area contributed by atoms with Gasteiger partial charge in [0.25, 0.3) is 0 Å². The Bertz CT molecular complexity index is 1430. The van der Waals surface area contributed by atoms with Gasteiger partial charge in [-0.05, 0) is 36.1 Å². The minimum Gasteiger partial charge on any atom is -0.368 e. The summed E-state index contributed by atoms with van der Waals surface area (Å²) in [6.45, 7) is 8.14. The molecule has 1 fully saturated rings. The van der Waals surface area contributed by atoms with Gasteiger partial charge in [0.2, 0.25) is 5.95 Å². The molecule has 1 saturated heterocycles. The van der Waals surface area contributed by atoms with Gasteiger partial charge in [0.15, 0.2) is 17.0 Å². The second-order valence-electron chi connectivity index (χ2n) is 10.6. The minimum absolute atomic E-state index is 0.243. The van der Waals surface area contributed by atoms with Crippen LogP contribution in [0.5, 0.6) is 0 Å². The van der Waals surface area contributed by atoms with E-state index in [9.17, 15) is 9.18 Å².